The molecule has 4 rings (SSSR count). The Morgan fingerprint density at radius 3 is 2.56 bits per heavy atom. The van der Waals surface area contributed by atoms with E-state index >= 15 is 0 Å². The van der Waals surface area contributed by atoms with Gasteiger partial charge in [0.1, 0.15) is 5.82 Å². The first kappa shape index (κ1) is 24.6. The second-order valence-electron chi connectivity index (χ2n) is 8.88. The monoisotopic (exact) mass is 491 g/mol. The third kappa shape index (κ3) is 5.59. The summed E-state index contributed by atoms with van der Waals surface area (Å²) in [5, 5.41) is 5.72. The van der Waals surface area contributed by atoms with Crippen LogP contribution in [0.25, 0.3) is 11.0 Å². The molecule has 1 saturated carbocycles. The van der Waals surface area contributed by atoms with E-state index in [0.717, 1.165) is 31.2 Å². The molecule has 1 aromatic heterocycles. The van der Waals surface area contributed by atoms with Crippen LogP contribution in [0.1, 0.15) is 37.9 Å². The summed E-state index contributed by atoms with van der Waals surface area (Å²) >= 11 is 0. The maximum Gasteiger partial charge on any atom is 0.243 e. The number of imidazole rings is 1. The van der Waals surface area contributed by atoms with Gasteiger partial charge in [-0.3, -0.25) is 9.59 Å². The second-order valence-corrected chi connectivity index (χ2v) is 10.8. The van der Waals surface area contributed by atoms with E-state index < -0.39 is 10.0 Å². The van der Waals surface area contributed by atoms with Crippen LogP contribution in [-0.4, -0.2) is 73.5 Å². The molecule has 1 saturated heterocycles. The zero-order valence-corrected chi connectivity index (χ0v) is 20.4. The number of sulfonamides is 1. The highest BCUT2D eigenvalue weighted by molar-refractivity contribution is 7.89. The first-order valence-corrected chi connectivity index (χ1v) is 13.4. The number of morpholine rings is 1. The van der Waals surface area contributed by atoms with Crippen molar-refractivity contribution < 1.29 is 22.7 Å². The number of carbonyl (C=O) groups excluding carboxylic acids is 2. The van der Waals surface area contributed by atoms with Gasteiger partial charge >= 0.3 is 0 Å². The van der Waals surface area contributed by atoms with Crippen molar-refractivity contribution in [2.24, 2.45) is 13.0 Å². The Hall–Kier alpha value is -2.50. The molecule has 34 heavy (non-hydrogen) atoms. The van der Waals surface area contributed by atoms with E-state index in [1.807, 2.05) is 11.6 Å². The third-order valence-electron chi connectivity index (χ3n) is 6.60. The normalized spacial score (nSPS) is 17.8. The highest BCUT2D eigenvalue weighted by Gasteiger charge is 2.27. The molecule has 2 N–H and O–H groups in total. The number of hydrogen-bond acceptors (Lipinski definition) is 6. The minimum Gasteiger partial charge on any atom is -0.379 e. The summed E-state index contributed by atoms with van der Waals surface area (Å²) in [6.45, 7) is 2.28. The molecule has 1 aromatic carbocycles. The van der Waals surface area contributed by atoms with Crippen LogP contribution >= 0.6 is 0 Å². The molecule has 1 aliphatic carbocycles. The topological polar surface area (TPSA) is 123 Å². The van der Waals surface area contributed by atoms with Gasteiger partial charge in [0.15, 0.2) is 0 Å². The van der Waals surface area contributed by atoms with Crippen molar-refractivity contribution in [3.63, 3.8) is 0 Å². The average Bonchev–Trinajstić information content (AvgIpc) is 3.49. The molecule has 0 unspecified atom stereocenters. The van der Waals surface area contributed by atoms with Crippen LogP contribution in [0.5, 0.6) is 0 Å². The lowest BCUT2D eigenvalue weighted by atomic mass is 10.1. The molecular formula is C23H33N5O5S. The van der Waals surface area contributed by atoms with Gasteiger partial charge in [0.05, 0.1) is 29.1 Å². The molecule has 2 heterocycles. The predicted octanol–water partition coefficient (Wildman–Crippen LogP) is 0.949. The minimum absolute atomic E-state index is 0.0847. The molecule has 186 valence electrons. The van der Waals surface area contributed by atoms with Gasteiger partial charge in [0.25, 0.3) is 0 Å². The van der Waals surface area contributed by atoms with Crippen LogP contribution in [0.3, 0.4) is 0 Å². The van der Waals surface area contributed by atoms with Gasteiger partial charge in [-0.1, -0.05) is 12.8 Å². The largest absolute Gasteiger partial charge is 0.379 e. The Kier molecular flexibility index (Phi) is 7.84. The number of aromatic nitrogens is 2. The van der Waals surface area contributed by atoms with E-state index in [2.05, 4.69) is 15.6 Å². The first-order valence-electron chi connectivity index (χ1n) is 11.9. The van der Waals surface area contributed by atoms with Crippen LogP contribution < -0.4 is 10.6 Å². The van der Waals surface area contributed by atoms with E-state index in [1.165, 1.54) is 4.31 Å². The second kappa shape index (κ2) is 10.8. The number of fused-ring (bicyclic) bond motifs is 1. The zero-order chi connectivity index (χ0) is 24.1. The molecule has 0 bridgehead atoms. The molecule has 0 atom stereocenters. The van der Waals surface area contributed by atoms with Crippen molar-refractivity contribution in [3.05, 3.63) is 24.0 Å². The summed E-state index contributed by atoms with van der Waals surface area (Å²) in [6.07, 6.45) is 4.82. The number of benzene rings is 1. The fraction of sp³-hybridized carbons (Fsp3) is 0.609. The highest BCUT2D eigenvalue weighted by atomic mass is 32.2. The van der Waals surface area contributed by atoms with E-state index in [-0.39, 0.29) is 29.0 Å². The number of nitrogens with zero attached hydrogens (tertiary/aromatic N) is 3. The van der Waals surface area contributed by atoms with E-state index in [9.17, 15) is 18.0 Å². The van der Waals surface area contributed by atoms with E-state index in [0.29, 0.717) is 57.2 Å². The van der Waals surface area contributed by atoms with E-state index in [4.69, 9.17) is 4.74 Å². The quantitative estimate of drug-likeness (QED) is 0.504. The van der Waals surface area contributed by atoms with Crippen molar-refractivity contribution in [2.45, 2.75) is 43.4 Å². The molecule has 11 heteroatoms. The van der Waals surface area contributed by atoms with Crippen LogP contribution in [0, 0.1) is 5.92 Å². The Morgan fingerprint density at radius 2 is 1.82 bits per heavy atom. The molecule has 0 radical (unpaired) electrons. The lowest BCUT2D eigenvalue weighted by Gasteiger charge is -2.26. The number of carbonyl (C=O) groups is 2. The van der Waals surface area contributed by atoms with Gasteiger partial charge in [-0.05, 0) is 31.0 Å². The third-order valence-corrected chi connectivity index (χ3v) is 8.50. The molecule has 2 fully saturated rings. The molecule has 2 amide bonds. The summed E-state index contributed by atoms with van der Waals surface area (Å²) in [6, 6.07) is 4.95. The smallest absolute Gasteiger partial charge is 0.243 e. The number of nitrogens with one attached hydrogen (secondary N) is 2. The van der Waals surface area contributed by atoms with Crippen molar-refractivity contribution in [1.29, 1.82) is 0 Å². The summed E-state index contributed by atoms with van der Waals surface area (Å²) in [5.74, 6) is 0.803. The predicted molar refractivity (Wildman–Crippen MR) is 127 cm³/mol. The van der Waals surface area contributed by atoms with Crippen LogP contribution in [0.15, 0.2) is 23.1 Å². The number of aryl methyl sites for hydroxylation is 2. The summed E-state index contributed by atoms with van der Waals surface area (Å²) in [5.41, 5.74) is 1.40. The van der Waals surface area contributed by atoms with Crippen molar-refractivity contribution in [1.82, 2.24) is 24.5 Å². The molecule has 2 aliphatic rings. The van der Waals surface area contributed by atoms with Gasteiger partial charge < -0.3 is 19.9 Å². The van der Waals surface area contributed by atoms with E-state index in [1.54, 1.807) is 18.2 Å². The lowest BCUT2D eigenvalue weighted by molar-refractivity contribution is -0.125. The Morgan fingerprint density at radius 1 is 1.12 bits per heavy atom. The van der Waals surface area contributed by atoms with Crippen molar-refractivity contribution >= 4 is 32.9 Å². The molecule has 2 aromatic rings. The van der Waals surface area contributed by atoms with Crippen LogP contribution in [0.4, 0.5) is 0 Å². The van der Waals surface area contributed by atoms with Crippen LogP contribution in [0.2, 0.25) is 0 Å². The van der Waals surface area contributed by atoms with Gasteiger partial charge in [0.2, 0.25) is 21.8 Å². The average molecular weight is 492 g/mol. The molecular weight excluding hydrogens is 458 g/mol. The zero-order valence-electron chi connectivity index (χ0n) is 19.6. The number of amides is 2. The Labute approximate surface area is 200 Å². The minimum atomic E-state index is -3.60. The number of rotatable bonds is 9. The molecule has 10 nitrogen and oxygen atoms in total. The summed E-state index contributed by atoms with van der Waals surface area (Å²) < 4.78 is 34.4. The highest BCUT2D eigenvalue weighted by Crippen LogP contribution is 2.25. The van der Waals surface area contributed by atoms with Crippen LogP contribution in [-0.2, 0) is 37.8 Å². The standard InChI is InChI=1S/C23H33N5O5S/c1-27-20-7-6-18(34(31,32)28-12-14-33-15-13-28)16-19(20)26-21(27)8-9-22(29)24-10-11-25-23(30)17-4-2-3-5-17/h6-7,16-17H,2-5,8-15H2,1H3,(H,24,29)(H,25,30). The summed E-state index contributed by atoms with van der Waals surface area (Å²) in [4.78, 5) is 29.1. The maximum absolute atomic E-state index is 12.9. The summed E-state index contributed by atoms with van der Waals surface area (Å²) in [7, 11) is -1.74. The first-order chi connectivity index (χ1) is 16.4. The number of hydrogen-bond donors (Lipinski definition) is 2. The fourth-order valence-corrected chi connectivity index (χ4v) is 6.01. The van der Waals surface area contributed by atoms with Crippen molar-refractivity contribution in [3.8, 4) is 0 Å². The molecule has 1 aliphatic heterocycles. The van der Waals surface area contributed by atoms with Gasteiger partial charge in [-0.15, -0.1) is 0 Å². The van der Waals surface area contributed by atoms with Crippen molar-refractivity contribution in [2.75, 3.05) is 39.4 Å². The molecule has 0 spiro atoms. The lowest BCUT2D eigenvalue weighted by Crippen LogP contribution is -2.40. The van der Waals surface area contributed by atoms with Gasteiger partial charge in [-0.25, -0.2) is 13.4 Å². The SMILES string of the molecule is Cn1c(CCC(=O)NCCNC(=O)C2CCCC2)nc2cc(S(=O)(=O)N3CCOCC3)ccc21. The Balaban J connectivity index is 1.30. The Bertz CT molecular complexity index is 1130. The van der Waals surface area contributed by atoms with Gasteiger partial charge in [0, 0.05) is 52.0 Å². The number of ether oxygens (including phenoxy) is 1. The maximum atomic E-state index is 12.9. The fourth-order valence-electron chi connectivity index (χ4n) is 4.58. The van der Waals surface area contributed by atoms with Gasteiger partial charge in [-0.2, -0.15) is 4.31 Å².